The van der Waals surface area contributed by atoms with Gasteiger partial charge in [-0.3, -0.25) is 9.10 Å². The van der Waals surface area contributed by atoms with Crippen LogP contribution < -0.4 is 14.4 Å². The van der Waals surface area contributed by atoms with Crippen molar-refractivity contribution in [1.29, 1.82) is 0 Å². The van der Waals surface area contributed by atoms with E-state index in [0.29, 0.717) is 18.0 Å². The van der Waals surface area contributed by atoms with E-state index in [4.69, 9.17) is 4.74 Å². The van der Waals surface area contributed by atoms with Gasteiger partial charge in [0, 0.05) is 24.7 Å². The minimum absolute atomic E-state index is 0.0545. The summed E-state index contributed by atoms with van der Waals surface area (Å²) in [5, 5.41) is 2.83. The highest BCUT2D eigenvalue weighted by Gasteiger charge is 2.22. The third-order valence-corrected chi connectivity index (χ3v) is 6.61. The van der Waals surface area contributed by atoms with E-state index in [0.717, 1.165) is 11.1 Å². The number of hydrogen-bond donors (Lipinski definition) is 1. The van der Waals surface area contributed by atoms with Gasteiger partial charge in [0.05, 0.1) is 17.2 Å². The topological polar surface area (TPSA) is 75.7 Å². The largest absolute Gasteiger partial charge is 0.494 e. The molecule has 0 fully saturated rings. The molecular weight excluding hydrogens is 412 g/mol. The molecule has 0 spiro atoms. The normalized spacial score (nSPS) is 11.1. The van der Waals surface area contributed by atoms with Crippen LogP contribution >= 0.6 is 0 Å². The maximum Gasteiger partial charge on any atom is 0.264 e. The molecule has 31 heavy (non-hydrogen) atoms. The Balaban J connectivity index is 1.78. The van der Waals surface area contributed by atoms with Crippen molar-refractivity contribution in [2.75, 3.05) is 18.0 Å². The fourth-order valence-electron chi connectivity index (χ4n) is 3.14. The van der Waals surface area contributed by atoms with E-state index in [1.807, 2.05) is 44.2 Å². The van der Waals surface area contributed by atoms with Crippen LogP contribution in [0.15, 0.2) is 77.7 Å². The number of sulfonamides is 1. The van der Waals surface area contributed by atoms with E-state index in [2.05, 4.69) is 5.32 Å². The third kappa shape index (κ3) is 5.24. The summed E-state index contributed by atoms with van der Waals surface area (Å²) in [7, 11) is -2.31. The maximum atomic E-state index is 13.1. The van der Waals surface area contributed by atoms with E-state index < -0.39 is 10.0 Å². The van der Waals surface area contributed by atoms with Gasteiger partial charge in [0.2, 0.25) is 0 Å². The van der Waals surface area contributed by atoms with Crippen LogP contribution in [0.4, 0.5) is 5.69 Å². The van der Waals surface area contributed by atoms with Crippen LogP contribution in [0.5, 0.6) is 5.75 Å². The number of hydrogen-bond acceptors (Lipinski definition) is 4. The van der Waals surface area contributed by atoms with Crippen molar-refractivity contribution in [3.8, 4) is 5.75 Å². The summed E-state index contributed by atoms with van der Waals surface area (Å²) in [6.07, 6.45) is 0. The molecule has 0 aliphatic carbocycles. The fourth-order valence-corrected chi connectivity index (χ4v) is 4.38. The number of para-hydroxylation sites is 1. The van der Waals surface area contributed by atoms with Crippen molar-refractivity contribution >= 4 is 21.6 Å². The third-order valence-electron chi connectivity index (χ3n) is 4.83. The van der Waals surface area contributed by atoms with E-state index in [1.165, 1.54) is 23.5 Å². The highest BCUT2D eigenvalue weighted by atomic mass is 32.2. The Labute approximate surface area is 183 Å². The van der Waals surface area contributed by atoms with E-state index in [9.17, 15) is 13.2 Å². The van der Waals surface area contributed by atoms with Gasteiger partial charge in [-0.25, -0.2) is 8.42 Å². The lowest BCUT2D eigenvalue weighted by Crippen LogP contribution is -2.27. The molecule has 7 heteroatoms. The van der Waals surface area contributed by atoms with Crippen LogP contribution in [-0.2, 0) is 16.6 Å². The van der Waals surface area contributed by atoms with Crippen molar-refractivity contribution < 1.29 is 17.9 Å². The van der Waals surface area contributed by atoms with Crippen molar-refractivity contribution in [2.45, 2.75) is 25.3 Å². The fraction of sp³-hybridized carbons (Fsp3) is 0.208. The maximum absolute atomic E-state index is 13.1. The van der Waals surface area contributed by atoms with E-state index >= 15 is 0 Å². The summed E-state index contributed by atoms with van der Waals surface area (Å²) < 4.78 is 33.0. The van der Waals surface area contributed by atoms with Crippen LogP contribution in [0, 0.1) is 6.92 Å². The first-order valence-electron chi connectivity index (χ1n) is 9.97. The van der Waals surface area contributed by atoms with Crippen LogP contribution in [-0.4, -0.2) is 28.0 Å². The summed E-state index contributed by atoms with van der Waals surface area (Å²) in [4.78, 5) is 12.7. The highest BCUT2D eigenvalue weighted by Crippen LogP contribution is 2.23. The van der Waals surface area contributed by atoms with Gasteiger partial charge in [-0.2, -0.15) is 0 Å². The van der Waals surface area contributed by atoms with Crippen LogP contribution in [0.3, 0.4) is 0 Å². The first kappa shape index (κ1) is 22.4. The molecule has 0 aliphatic rings. The average molecular weight is 439 g/mol. The summed E-state index contributed by atoms with van der Waals surface area (Å²) in [6.45, 7) is 4.60. The molecule has 3 rings (SSSR count). The zero-order valence-corrected chi connectivity index (χ0v) is 18.6. The standard InChI is InChI=1S/C24H26N2O4S/c1-4-30-23-14-6-5-10-20(23)17-25-24(27)19-11-8-13-22(16-19)31(28,29)26(3)21-12-7-9-18(2)15-21/h5-16H,4,17H2,1-3H3,(H,25,27). The quantitative estimate of drug-likeness (QED) is 0.573. The zero-order chi connectivity index (χ0) is 22.4. The van der Waals surface area contributed by atoms with Gasteiger partial charge in [0.15, 0.2) is 0 Å². The number of anilines is 1. The van der Waals surface area contributed by atoms with Gasteiger partial charge < -0.3 is 10.1 Å². The number of aryl methyl sites for hydroxylation is 1. The second-order valence-corrected chi connectivity index (χ2v) is 9.03. The Morgan fingerprint density at radius 3 is 2.48 bits per heavy atom. The van der Waals surface area contributed by atoms with Gasteiger partial charge >= 0.3 is 0 Å². The van der Waals surface area contributed by atoms with Crippen LogP contribution in [0.25, 0.3) is 0 Å². The lowest BCUT2D eigenvalue weighted by Gasteiger charge is -2.20. The molecule has 0 heterocycles. The lowest BCUT2D eigenvalue weighted by molar-refractivity contribution is 0.0950. The molecule has 0 saturated carbocycles. The first-order valence-corrected chi connectivity index (χ1v) is 11.4. The number of amides is 1. The molecule has 0 aromatic heterocycles. The minimum atomic E-state index is -3.81. The second-order valence-electron chi connectivity index (χ2n) is 7.06. The minimum Gasteiger partial charge on any atom is -0.494 e. The number of carbonyl (C=O) groups is 1. The predicted molar refractivity (Wildman–Crippen MR) is 122 cm³/mol. The number of carbonyl (C=O) groups excluding carboxylic acids is 1. The van der Waals surface area contributed by atoms with Gasteiger partial charge in [-0.1, -0.05) is 36.4 Å². The van der Waals surface area contributed by atoms with Gasteiger partial charge in [-0.05, 0) is 55.8 Å². The molecule has 0 aliphatic heterocycles. The van der Waals surface area contributed by atoms with Gasteiger partial charge in [0.25, 0.3) is 15.9 Å². The molecule has 0 unspecified atom stereocenters. The Morgan fingerprint density at radius 1 is 1.00 bits per heavy atom. The molecule has 0 saturated heterocycles. The van der Waals surface area contributed by atoms with Gasteiger partial charge in [0.1, 0.15) is 5.75 Å². The number of ether oxygens (including phenoxy) is 1. The molecule has 3 aromatic carbocycles. The van der Waals surface area contributed by atoms with Gasteiger partial charge in [-0.15, -0.1) is 0 Å². The molecular formula is C24H26N2O4S. The molecule has 1 amide bonds. The Hall–Kier alpha value is -3.32. The van der Waals surface area contributed by atoms with Crippen molar-refractivity contribution in [3.63, 3.8) is 0 Å². The number of benzene rings is 3. The lowest BCUT2D eigenvalue weighted by atomic mass is 10.1. The van der Waals surface area contributed by atoms with Crippen molar-refractivity contribution in [2.24, 2.45) is 0 Å². The Morgan fingerprint density at radius 2 is 1.74 bits per heavy atom. The molecule has 1 N–H and O–H groups in total. The highest BCUT2D eigenvalue weighted by molar-refractivity contribution is 7.92. The van der Waals surface area contributed by atoms with E-state index in [-0.39, 0.29) is 22.9 Å². The SMILES string of the molecule is CCOc1ccccc1CNC(=O)c1cccc(S(=O)(=O)N(C)c2cccc(C)c2)c1. The molecule has 3 aromatic rings. The summed E-state index contributed by atoms with van der Waals surface area (Å²) in [5.41, 5.74) is 2.63. The predicted octanol–water partition coefficient (Wildman–Crippen LogP) is 4.15. The molecule has 0 bridgehead atoms. The molecule has 6 nitrogen and oxygen atoms in total. The second kappa shape index (κ2) is 9.66. The molecule has 0 atom stereocenters. The summed E-state index contributed by atoms with van der Waals surface area (Å²) in [5.74, 6) is 0.350. The number of nitrogens with zero attached hydrogens (tertiary/aromatic N) is 1. The van der Waals surface area contributed by atoms with Crippen LogP contribution in [0.2, 0.25) is 0 Å². The zero-order valence-electron chi connectivity index (χ0n) is 17.8. The Bertz CT molecular complexity index is 1180. The van der Waals surface area contributed by atoms with Crippen LogP contribution in [0.1, 0.15) is 28.4 Å². The van der Waals surface area contributed by atoms with Crippen molar-refractivity contribution in [1.82, 2.24) is 5.32 Å². The summed E-state index contributed by atoms with van der Waals surface area (Å²) >= 11 is 0. The number of nitrogens with one attached hydrogen (secondary N) is 1. The monoisotopic (exact) mass is 438 g/mol. The number of rotatable bonds is 8. The smallest absolute Gasteiger partial charge is 0.264 e. The van der Waals surface area contributed by atoms with E-state index in [1.54, 1.807) is 30.3 Å². The van der Waals surface area contributed by atoms with Crippen molar-refractivity contribution in [3.05, 3.63) is 89.5 Å². The summed E-state index contributed by atoms with van der Waals surface area (Å²) in [6, 6.07) is 20.7. The molecule has 162 valence electrons. The Kier molecular flexibility index (Phi) is 6.97. The molecule has 0 radical (unpaired) electrons. The first-order chi connectivity index (χ1) is 14.8. The average Bonchev–Trinajstić information content (AvgIpc) is 2.78.